The van der Waals surface area contributed by atoms with Crippen molar-refractivity contribution in [1.82, 2.24) is 0 Å². The van der Waals surface area contributed by atoms with Crippen molar-refractivity contribution in [3.05, 3.63) is 47.8 Å². The third-order valence-corrected chi connectivity index (χ3v) is 3.23. The minimum absolute atomic E-state index is 1.19. The van der Waals surface area contributed by atoms with Crippen LogP contribution in [0.4, 0.5) is 0 Å². The molecule has 1 aliphatic rings. The van der Waals surface area contributed by atoms with Crippen LogP contribution in [0.1, 0.15) is 46.0 Å². The van der Waals surface area contributed by atoms with Gasteiger partial charge in [-0.3, -0.25) is 4.57 Å². The SMILES string of the molecule is CCCC1=C(CCC)[C-]([n+]2ccccc2)C1. The van der Waals surface area contributed by atoms with Crippen LogP contribution in [0.2, 0.25) is 0 Å². The van der Waals surface area contributed by atoms with Gasteiger partial charge >= 0.3 is 0 Å². The molecule has 1 aromatic heterocycles. The van der Waals surface area contributed by atoms with Gasteiger partial charge in [0.05, 0.1) is 18.4 Å². The third kappa shape index (κ3) is 2.13. The van der Waals surface area contributed by atoms with E-state index in [0.29, 0.717) is 0 Å². The topological polar surface area (TPSA) is 3.88 Å². The van der Waals surface area contributed by atoms with Crippen LogP contribution in [0, 0.1) is 6.04 Å². The number of rotatable bonds is 5. The van der Waals surface area contributed by atoms with E-state index in [2.05, 4.69) is 49.0 Å². The zero-order valence-corrected chi connectivity index (χ0v) is 10.4. The van der Waals surface area contributed by atoms with Crippen LogP contribution < -0.4 is 4.57 Å². The van der Waals surface area contributed by atoms with E-state index in [1.807, 2.05) is 0 Å². The quantitative estimate of drug-likeness (QED) is 0.521. The van der Waals surface area contributed by atoms with E-state index in [0.717, 1.165) is 0 Å². The molecule has 1 aliphatic carbocycles. The predicted molar refractivity (Wildman–Crippen MR) is 66.7 cm³/mol. The average molecular weight is 215 g/mol. The van der Waals surface area contributed by atoms with Crippen molar-refractivity contribution in [3.63, 3.8) is 0 Å². The van der Waals surface area contributed by atoms with Gasteiger partial charge in [0.25, 0.3) is 0 Å². The lowest BCUT2D eigenvalue weighted by Crippen LogP contribution is -2.45. The van der Waals surface area contributed by atoms with Crippen molar-refractivity contribution in [1.29, 1.82) is 0 Å². The summed E-state index contributed by atoms with van der Waals surface area (Å²) in [6.07, 6.45) is 10.6. The fourth-order valence-corrected chi connectivity index (χ4v) is 2.45. The summed E-state index contributed by atoms with van der Waals surface area (Å²) in [6.45, 7) is 4.53. The van der Waals surface area contributed by atoms with Gasteiger partial charge < -0.3 is 0 Å². The van der Waals surface area contributed by atoms with Gasteiger partial charge in [0, 0.05) is 0 Å². The standard InChI is InChI=1S/C15H21N/c1-3-8-13-12-15(14(13)9-4-2)16-10-6-5-7-11-16/h5-7,10-11H,3-4,8-9,12H2,1-2H3. The minimum Gasteiger partial charge on any atom is -0.292 e. The van der Waals surface area contributed by atoms with Crippen LogP contribution in [0.5, 0.6) is 0 Å². The second-order valence-corrected chi connectivity index (χ2v) is 4.49. The molecule has 0 bridgehead atoms. The third-order valence-electron chi connectivity index (χ3n) is 3.23. The first-order valence-electron chi connectivity index (χ1n) is 6.40. The van der Waals surface area contributed by atoms with Crippen LogP contribution in [-0.4, -0.2) is 0 Å². The van der Waals surface area contributed by atoms with Crippen LogP contribution in [0.15, 0.2) is 41.7 Å². The normalized spacial score (nSPS) is 15.2. The van der Waals surface area contributed by atoms with Crippen molar-refractivity contribution >= 4 is 0 Å². The summed E-state index contributed by atoms with van der Waals surface area (Å²) in [7, 11) is 0. The fourth-order valence-electron chi connectivity index (χ4n) is 2.45. The number of hydrogen-bond donors (Lipinski definition) is 0. The van der Waals surface area contributed by atoms with E-state index in [-0.39, 0.29) is 0 Å². The van der Waals surface area contributed by atoms with Crippen LogP contribution in [0.3, 0.4) is 0 Å². The molecule has 16 heavy (non-hydrogen) atoms. The van der Waals surface area contributed by atoms with E-state index in [9.17, 15) is 0 Å². The molecule has 0 radical (unpaired) electrons. The summed E-state index contributed by atoms with van der Waals surface area (Å²) >= 11 is 0. The number of hydrogen-bond acceptors (Lipinski definition) is 0. The number of allylic oxidation sites excluding steroid dienone is 2. The van der Waals surface area contributed by atoms with Gasteiger partial charge in [0.15, 0.2) is 0 Å². The Labute approximate surface area is 98.8 Å². The highest BCUT2D eigenvalue weighted by atomic mass is 15.0. The summed E-state index contributed by atoms with van der Waals surface area (Å²) in [4.78, 5) is 0. The maximum absolute atomic E-state index is 2.28. The second-order valence-electron chi connectivity index (χ2n) is 4.49. The van der Waals surface area contributed by atoms with Gasteiger partial charge in [0.2, 0.25) is 0 Å². The molecule has 86 valence electrons. The van der Waals surface area contributed by atoms with E-state index in [4.69, 9.17) is 0 Å². The fraction of sp³-hybridized carbons (Fsp3) is 0.467. The highest BCUT2D eigenvalue weighted by Gasteiger charge is 2.28. The summed E-state index contributed by atoms with van der Waals surface area (Å²) in [6, 6.07) is 7.81. The highest BCUT2D eigenvalue weighted by Crippen LogP contribution is 2.39. The molecule has 0 atom stereocenters. The van der Waals surface area contributed by atoms with Gasteiger partial charge in [-0.05, 0) is 25.0 Å². The van der Waals surface area contributed by atoms with Crippen LogP contribution in [-0.2, 0) is 0 Å². The Morgan fingerprint density at radius 1 is 1.06 bits per heavy atom. The summed E-state index contributed by atoms with van der Waals surface area (Å²) in [5.41, 5.74) is 3.32. The lowest BCUT2D eigenvalue weighted by atomic mass is 9.78. The zero-order chi connectivity index (χ0) is 11.4. The van der Waals surface area contributed by atoms with Crippen LogP contribution in [0.25, 0.3) is 0 Å². The first kappa shape index (κ1) is 11.3. The molecule has 0 unspecified atom stereocenters. The van der Waals surface area contributed by atoms with Crippen molar-refractivity contribution in [2.75, 3.05) is 0 Å². The molecule has 1 aromatic rings. The van der Waals surface area contributed by atoms with Gasteiger partial charge in [0.1, 0.15) is 0 Å². The molecule has 0 aromatic carbocycles. The summed E-state index contributed by atoms with van der Waals surface area (Å²) < 4.78 is 2.28. The molecule has 0 spiro atoms. The monoisotopic (exact) mass is 215 g/mol. The molecular weight excluding hydrogens is 194 g/mol. The van der Waals surface area contributed by atoms with E-state index in [1.54, 1.807) is 11.1 Å². The maximum atomic E-state index is 2.28. The molecule has 0 saturated carbocycles. The molecule has 0 aliphatic heterocycles. The first-order valence-corrected chi connectivity index (χ1v) is 6.40. The van der Waals surface area contributed by atoms with E-state index >= 15 is 0 Å². The second kappa shape index (κ2) is 5.20. The van der Waals surface area contributed by atoms with Gasteiger partial charge in [-0.15, -0.1) is 5.57 Å². The Kier molecular flexibility index (Phi) is 3.66. The Morgan fingerprint density at radius 2 is 1.75 bits per heavy atom. The number of aromatic nitrogens is 1. The van der Waals surface area contributed by atoms with Gasteiger partial charge in [-0.2, -0.15) is 0 Å². The zero-order valence-electron chi connectivity index (χ0n) is 10.4. The van der Waals surface area contributed by atoms with Crippen molar-refractivity contribution in [3.8, 4) is 0 Å². The number of nitrogens with zero attached hydrogens (tertiary/aromatic N) is 1. The Balaban J connectivity index is 2.15. The molecule has 1 heterocycles. The molecule has 0 fully saturated rings. The summed E-state index contributed by atoms with van der Waals surface area (Å²) in [5.74, 6) is 0. The van der Waals surface area contributed by atoms with Crippen molar-refractivity contribution < 1.29 is 4.57 Å². The summed E-state index contributed by atoms with van der Waals surface area (Å²) in [5, 5.41) is 0. The lowest BCUT2D eigenvalue weighted by molar-refractivity contribution is -0.656. The van der Waals surface area contributed by atoms with Gasteiger partial charge in [-0.25, -0.2) is 0 Å². The van der Waals surface area contributed by atoms with Crippen molar-refractivity contribution in [2.45, 2.75) is 46.0 Å². The van der Waals surface area contributed by atoms with E-state index in [1.165, 1.54) is 38.1 Å². The largest absolute Gasteiger partial charge is 0.292 e. The highest BCUT2D eigenvalue weighted by molar-refractivity contribution is 5.39. The first-order chi connectivity index (χ1) is 7.86. The molecular formula is C15H21N. The maximum Gasteiger partial charge on any atom is 0.0983 e. The minimum atomic E-state index is 1.19. The molecule has 1 heteroatoms. The molecule has 0 saturated heterocycles. The molecule has 1 nitrogen and oxygen atoms in total. The Hall–Kier alpha value is -1.24. The van der Waals surface area contributed by atoms with Gasteiger partial charge in [-0.1, -0.05) is 44.7 Å². The number of pyridine rings is 1. The molecule has 0 N–H and O–H groups in total. The van der Waals surface area contributed by atoms with Crippen LogP contribution >= 0.6 is 0 Å². The lowest BCUT2D eigenvalue weighted by Gasteiger charge is -2.35. The predicted octanol–water partition coefficient (Wildman–Crippen LogP) is 3.65. The average Bonchev–Trinajstić information content (AvgIpc) is 2.32. The Morgan fingerprint density at radius 3 is 2.38 bits per heavy atom. The van der Waals surface area contributed by atoms with Crippen molar-refractivity contribution in [2.24, 2.45) is 0 Å². The molecule has 2 rings (SSSR count). The molecule has 0 amide bonds. The van der Waals surface area contributed by atoms with E-state index < -0.39 is 0 Å². The Bertz CT molecular complexity index is 364. The smallest absolute Gasteiger partial charge is 0.0983 e.